The number of benzene rings is 1. The molecule has 142 valence electrons. The van der Waals surface area contributed by atoms with Crippen molar-refractivity contribution in [2.75, 3.05) is 20.3 Å². The van der Waals surface area contributed by atoms with Crippen LogP contribution >= 0.6 is 11.3 Å². The number of nitrogens with zero attached hydrogens (tertiary/aromatic N) is 2. The Kier molecular flexibility index (Phi) is 4.65. The standard InChI is InChI=1S/C20H23N3O3S/c1-20(14-6-3-7-15(12-14)26-2)18(24)23(19(25)21-20)13-22-10-4-8-16(22)17-9-5-11-27-17/h3,5-7,9,11-12,16H,4,8,10,13H2,1-2H3,(H,21,25)/t16-,20-/m1/s1. The molecule has 1 N–H and O–H groups in total. The van der Waals surface area contributed by atoms with Gasteiger partial charge in [0.25, 0.3) is 5.91 Å². The van der Waals surface area contributed by atoms with Crippen molar-refractivity contribution in [2.24, 2.45) is 0 Å². The highest BCUT2D eigenvalue weighted by atomic mass is 32.1. The zero-order chi connectivity index (χ0) is 19.0. The van der Waals surface area contributed by atoms with Gasteiger partial charge in [-0.25, -0.2) is 9.69 Å². The van der Waals surface area contributed by atoms with Crippen LogP contribution in [0.15, 0.2) is 41.8 Å². The summed E-state index contributed by atoms with van der Waals surface area (Å²) in [4.78, 5) is 30.7. The number of methoxy groups -OCH3 is 1. The molecule has 0 saturated carbocycles. The van der Waals surface area contributed by atoms with Crippen LogP contribution in [0.2, 0.25) is 0 Å². The number of imide groups is 1. The van der Waals surface area contributed by atoms with E-state index in [2.05, 4.69) is 21.7 Å². The van der Waals surface area contributed by atoms with Gasteiger partial charge in [0.05, 0.1) is 13.8 Å². The second-order valence-electron chi connectivity index (χ2n) is 7.15. The number of amides is 3. The zero-order valence-corrected chi connectivity index (χ0v) is 16.3. The van der Waals surface area contributed by atoms with Crippen LogP contribution in [0, 0.1) is 0 Å². The van der Waals surface area contributed by atoms with Gasteiger partial charge in [0.1, 0.15) is 11.3 Å². The lowest BCUT2D eigenvalue weighted by molar-refractivity contribution is -0.132. The molecule has 1 aromatic heterocycles. The molecule has 2 saturated heterocycles. The van der Waals surface area contributed by atoms with Gasteiger partial charge >= 0.3 is 6.03 Å². The number of likely N-dealkylation sites (tertiary alicyclic amines) is 1. The minimum atomic E-state index is -1.08. The molecule has 4 rings (SSSR count). The lowest BCUT2D eigenvalue weighted by atomic mass is 9.92. The number of nitrogens with one attached hydrogen (secondary N) is 1. The zero-order valence-electron chi connectivity index (χ0n) is 15.5. The first kappa shape index (κ1) is 18.0. The summed E-state index contributed by atoms with van der Waals surface area (Å²) >= 11 is 1.72. The fraction of sp³-hybridized carbons (Fsp3) is 0.400. The molecule has 2 fully saturated rings. The van der Waals surface area contributed by atoms with E-state index in [1.807, 2.05) is 24.3 Å². The van der Waals surface area contributed by atoms with Crippen LogP contribution in [0.1, 0.15) is 36.2 Å². The molecule has 2 aliphatic rings. The van der Waals surface area contributed by atoms with Crippen LogP contribution in [-0.2, 0) is 10.3 Å². The van der Waals surface area contributed by atoms with Crippen molar-refractivity contribution in [1.82, 2.24) is 15.1 Å². The maximum Gasteiger partial charge on any atom is 0.326 e. The van der Waals surface area contributed by atoms with Crippen molar-refractivity contribution in [3.05, 3.63) is 52.2 Å². The number of rotatable bonds is 5. The molecule has 2 aromatic rings. The molecule has 0 aliphatic carbocycles. The lowest BCUT2D eigenvalue weighted by Gasteiger charge is -2.28. The summed E-state index contributed by atoms with van der Waals surface area (Å²) in [5, 5.41) is 4.95. The van der Waals surface area contributed by atoms with E-state index in [1.165, 1.54) is 9.78 Å². The van der Waals surface area contributed by atoms with Gasteiger partial charge in [0.2, 0.25) is 0 Å². The van der Waals surface area contributed by atoms with E-state index in [0.29, 0.717) is 12.4 Å². The Bertz CT molecular complexity index is 854. The first-order valence-electron chi connectivity index (χ1n) is 9.09. The van der Waals surface area contributed by atoms with E-state index >= 15 is 0 Å². The van der Waals surface area contributed by atoms with Crippen LogP contribution in [0.3, 0.4) is 0 Å². The Hall–Kier alpha value is -2.38. The summed E-state index contributed by atoms with van der Waals surface area (Å²) in [6.07, 6.45) is 2.12. The molecular weight excluding hydrogens is 362 g/mol. The van der Waals surface area contributed by atoms with Gasteiger partial charge in [0, 0.05) is 17.5 Å². The van der Waals surface area contributed by atoms with Crippen molar-refractivity contribution < 1.29 is 14.3 Å². The fourth-order valence-electron chi connectivity index (χ4n) is 3.94. The highest BCUT2D eigenvalue weighted by Gasteiger charge is 2.50. The van der Waals surface area contributed by atoms with Gasteiger partial charge in [-0.15, -0.1) is 11.3 Å². The van der Waals surface area contributed by atoms with Crippen molar-refractivity contribution in [1.29, 1.82) is 0 Å². The van der Waals surface area contributed by atoms with Gasteiger partial charge in [-0.3, -0.25) is 9.69 Å². The largest absolute Gasteiger partial charge is 0.497 e. The third kappa shape index (κ3) is 3.11. The van der Waals surface area contributed by atoms with Crippen LogP contribution in [0.5, 0.6) is 5.75 Å². The van der Waals surface area contributed by atoms with Crippen LogP contribution < -0.4 is 10.1 Å². The normalized spacial score (nSPS) is 25.9. The smallest absolute Gasteiger partial charge is 0.326 e. The summed E-state index contributed by atoms with van der Waals surface area (Å²) < 4.78 is 5.27. The second-order valence-corrected chi connectivity index (χ2v) is 8.13. The summed E-state index contributed by atoms with van der Waals surface area (Å²) in [6, 6.07) is 11.4. The monoisotopic (exact) mass is 385 g/mol. The van der Waals surface area contributed by atoms with E-state index in [4.69, 9.17) is 4.74 Å². The maximum atomic E-state index is 13.2. The van der Waals surface area contributed by atoms with Gasteiger partial charge in [-0.1, -0.05) is 18.2 Å². The molecule has 7 heteroatoms. The number of hydrogen-bond acceptors (Lipinski definition) is 5. The highest BCUT2D eigenvalue weighted by molar-refractivity contribution is 7.10. The Morgan fingerprint density at radius 3 is 2.89 bits per heavy atom. The van der Waals surface area contributed by atoms with Gasteiger partial charge in [-0.05, 0) is 48.9 Å². The molecular formula is C20H23N3O3S. The number of carbonyl (C=O) groups is 2. The van der Waals surface area contributed by atoms with Gasteiger partial charge in [-0.2, -0.15) is 0 Å². The van der Waals surface area contributed by atoms with E-state index in [0.717, 1.165) is 24.9 Å². The predicted octanol–water partition coefficient (Wildman–Crippen LogP) is 3.32. The molecule has 2 atom stereocenters. The average Bonchev–Trinajstić information content (AvgIpc) is 3.40. The summed E-state index contributed by atoms with van der Waals surface area (Å²) in [5.74, 6) is 0.434. The molecule has 3 heterocycles. The average molecular weight is 385 g/mol. The first-order chi connectivity index (χ1) is 13.0. The molecule has 2 aliphatic heterocycles. The molecule has 1 aromatic carbocycles. The number of hydrogen-bond donors (Lipinski definition) is 1. The minimum absolute atomic E-state index is 0.224. The Labute approximate surface area is 162 Å². The predicted molar refractivity (Wildman–Crippen MR) is 104 cm³/mol. The van der Waals surface area contributed by atoms with Crippen molar-refractivity contribution in [3.8, 4) is 5.75 Å². The number of ether oxygens (including phenoxy) is 1. The summed E-state index contributed by atoms with van der Waals surface area (Å²) in [7, 11) is 1.58. The molecule has 0 unspecified atom stereocenters. The van der Waals surface area contributed by atoms with E-state index in [1.54, 1.807) is 31.4 Å². The topological polar surface area (TPSA) is 61.9 Å². The maximum absolute atomic E-state index is 13.2. The molecule has 27 heavy (non-hydrogen) atoms. The lowest BCUT2D eigenvalue weighted by Crippen LogP contribution is -2.43. The molecule has 0 spiro atoms. The molecule has 0 bridgehead atoms. The Balaban J connectivity index is 1.56. The summed E-state index contributed by atoms with van der Waals surface area (Å²) in [5.41, 5.74) is -0.358. The molecule has 6 nitrogen and oxygen atoms in total. The van der Waals surface area contributed by atoms with E-state index in [9.17, 15) is 9.59 Å². The van der Waals surface area contributed by atoms with Gasteiger partial charge < -0.3 is 10.1 Å². The van der Waals surface area contributed by atoms with E-state index < -0.39 is 5.54 Å². The number of urea groups is 1. The second kappa shape index (κ2) is 6.98. The SMILES string of the molecule is COc1cccc([C@@]2(C)NC(=O)N(CN3CCC[C@@H]3c3cccs3)C2=O)c1. The minimum Gasteiger partial charge on any atom is -0.497 e. The Morgan fingerprint density at radius 2 is 2.15 bits per heavy atom. The van der Waals surface area contributed by atoms with Gasteiger partial charge in [0.15, 0.2) is 0 Å². The number of thiophene rings is 1. The molecule has 0 radical (unpaired) electrons. The van der Waals surface area contributed by atoms with Crippen LogP contribution in [0.4, 0.5) is 4.79 Å². The van der Waals surface area contributed by atoms with Crippen molar-refractivity contribution in [2.45, 2.75) is 31.3 Å². The van der Waals surface area contributed by atoms with Crippen molar-refractivity contribution in [3.63, 3.8) is 0 Å². The quantitative estimate of drug-likeness (QED) is 0.802. The van der Waals surface area contributed by atoms with E-state index in [-0.39, 0.29) is 18.0 Å². The van der Waals surface area contributed by atoms with Crippen molar-refractivity contribution >= 4 is 23.3 Å². The van der Waals surface area contributed by atoms with Crippen LogP contribution in [-0.4, -0.2) is 42.1 Å². The van der Waals surface area contributed by atoms with Crippen LogP contribution in [0.25, 0.3) is 0 Å². The fourth-order valence-corrected chi connectivity index (χ4v) is 4.83. The number of carbonyl (C=O) groups excluding carboxylic acids is 2. The molecule has 3 amide bonds. The third-order valence-corrected chi connectivity index (χ3v) is 6.45. The first-order valence-corrected chi connectivity index (χ1v) is 9.97. The Morgan fingerprint density at radius 1 is 1.30 bits per heavy atom. The third-order valence-electron chi connectivity index (χ3n) is 5.48. The highest BCUT2D eigenvalue weighted by Crippen LogP contribution is 2.36. The summed E-state index contributed by atoms with van der Waals surface area (Å²) in [6.45, 7) is 2.95.